The number of amides is 1. The van der Waals surface area contributed by atoms with Crippen LogP contribution in [0.4, 0.5) is 5.69 Å². The number of carbonyl (C=O) groups is 1. The normalized spacial score (nSPS) is 24.0. The van der Waals surface area contributed by atoms with Gasteiger partial charge in [-0.05, 0) is 70.3 Å². The maximum absolute atomic E-state index is 13.3. The molecule has 0 aliphatic carbocycles. The molecular formula is C26H33ClN2O2. The summed E-state index contributed by atoms with van der Waals surface area (Å²) >= 11 is 6.03. The van der Waals surface area contributed by atoms with Gasteiger partial charge in [0.2, 0.25) is 6.10 Å². The van der Waals surface area contributed by atoms with E-state index in [4.69, 9.17) is 16.3 Å². The lowest BCUT2D eigenvalue weighted by Crippen LogP contribution is -2.44. The van der Waals surface area contributed by atoms with Gasteiger partial charge in [-0.15, -0.1) is 0 Å². The highest BCUT2D eigenvalue weighted by molar-refractivity contribution is 6.30. The number of carbonyl (C=O) groups excluding carboxylic acids is 1. The molecule has 0 N–H and O–H groups in total. The summed E-state index contributed by atoms with van der Waals surface area (Å²) in [6.07, 6.45) is 6.65. The Hall–Kier alpha value is -2.04. The van der Waals surface area contributed by atoms with E-state index in [1.807, 2.05) is 41.3 Å². The van der Waals surface area contributed by atoms with Gasteiger partial charge in [0.1, 0.15) is 5.75 Å². The van der Waals surface area contributed by atoms with Gasteiger partial charge < -0.3 is 9.64 Å². The molecule has 0 saturated carbocycles. The van der Waals surface area contributed by atoms with E-state index in [2.05, 4.69) is 18.7 Å². The zero-order valence-electron chi connectivity index (χ0n) is 18.6. The first-order valence-electron chi connectivity index (χ1n) is 11.6. The molecule has 1 amide bonds. The van der Waals surface area contributed by atoms with E-state index in [9.17, 15) is 4.79 Å². The molecule has 2 aliphatic heterocycles. The van der Waals surface area contributed by atoms with Crippen molar-refractivity contribution in [3.05, 3.63) is 59.1 Å². The average molecular weight is 441 g/mol. The van der Waals surface area contributed by atoms with Crippen LogP contribution in [0, 0.1) is 0 Å². The number of halogens is 1. The molecule has 2 heterocycles. The first-order chi connectivity index (χ1) is 15.0. The lowest BCUT2D eigenvalue weighted by atomic mass is 9.97. The molecule has 4 nitrogen and oxygen atoms in total. The van der Waals surface area contributed by atoms with Crippen LogP contribution in [0.3, 0.4) is 0 Å². The van der Waals surface area contributed by atoms with Crippen LogP contribution in [0.2, 0.25) is 5.02 Å². The van der Waals surface area contributed by atoms with Crippen molar-refractivity contribution in [1.82, 2.24) is 4.90 Å². The second kappa shape index (κ2) is 10.1. The number of benzene rings is 2. The number of piperidine rings is 1. The van der Waals surface area contributed by atoms with Gasteiger partial charge in [-0.25, -0.2) is 0 Å². The van der Waals surface area contributed by atoms with Crippen molar-refractivity contribution in [2.45, 2.75) is 70.6 Å². The van der Waals surface area contributed by atoms with Crippen LogP contribution in [0.5, 0.6) is 5.75 Å². The number of anilines is 1. The van der Waals surface area contributed by atoms with Crippen molar-refractivity contribution >= 4 is 23.2 Å². The minimum atomic E-state index is -0.623. The third-order valence-electron chi connectivity index (χ3n) is 6.74. The monoisotopic (exact) mass is 440 g/mol. The van der Waals surface area contributed by atoms with Crippen LogP contribution in [-0.4, -0.2) is 36.0 Å². The van der Waals surface area contributed by atoms with Gasteiger partial charge in [0.05, 0.1) is 5.69 Å². The Balaban J connectivity index is 1.38. The molecular weight excluding hydrogens is 408 g/mol. The number of fused-ring (bicyclic) bond motifs is 1. The molecule has 0 aromatic heterocycles. The first-order valence-corrected chi connectivity index (χ1v) is 12.0. The van der Waals surface area contributed by atoms with E-state index in [0.717, 1.165) is 36.4 Å². The van der Waals surface area contributed by atoms with Gasteiger partial charge in [0.25, 0.3) is 5.91 Å². The summed E-state index contributed by atoms with van der Waals surface area (Å²) in [7, 11) is 0. The summed E-state index contributed by atoms with van der Waals surface area (Å²) in [6, 6.07) is 16.6. The third-order valence-corrected chi connectivity index (χ3v) is 6.99. The highest BCUT2D eigenvalue weighted by Crippen LogP contribution is 2.39. The average Bonchev–Trinajstić information content (AvgIpc) is 2.77. The fourth-order valence-corrected chi connectivity index (χ4v) is 5.08. The highest BCUT2D eigenvalue weighted by Gasteiger charge is 2.35. The van der Waals surface area contributed by atoms with Gasteiger partial charge in [0.15, 0.2) is 0 Å². The Kier molecular flexibility index (Phi) is 7.19. The lowest BCUT2D eigenvalue weighted by molar-refractivity contribution is -0.126. The molecule has 2 aromatic carbocycles. The van der Waals surface area contributed by atoms with Gasteiger partial charge in [-0.3, -0.25) is 9.69 Å². The number of ether oxygens (including phenoxy) is 1. The Morgan fingerprint density at radius 2 is 1.61 bits per heavy atom. The van der Waals surface area contributed by atoms with Gasteiger partial charge in [-0.1, -0.05) is 48.7 Å². The Morgan fingerprint density at radius 3 is 2.35 bits per heavy atom. The second-order valence-corrected chi connectivity index (χ2v) is 9.37. The zero-order valence-corrected chi connectivity index (χ0v) is 19.4. The van der Waals surface area contributed by atoms with Crippen LogP contribution >= 0.6 is 11.6 Å². The molecule has 2 aromatic rings. The van der Waals surface area contributed by atoms with Gasteiger partial charge in [-0.2, -0.15) is 0 Å². The fraction of sp³-hybridized carbons (Fsp3) is 0.500. The van der Waals surface area contributed by atoms with Crippen molar-refractivity contribution in [3.63, 3.8) is 0 Å². The van der Waals surface area contributed by atoms with E-state index >= 15 is 0 Å². The molecule has 5 heteroatoms. The third kappa shape index (κ3) is 5.07. The van der Waals surface area contributed by atoms with Crippen LogP contribution in [0.15, 0.2) is 48.5 Å². The van der Waals surface area contributed by atoms with E-state index in [-0.39, 0.29) is 5.91 Å². The van der Waals surface area contributed by atoms with Crippen LogP contribution in [0.1, 0.15) is 64.0 Å². The summed E-state index contributed by atoms with van der Waals surface area (Å²) < 4.78 is 6.09. The molecule has 31 heavy (non-hydrogen) atoms. The number of rotatable bonds is 7. The number of hydrogen-bond acceptors (Lipinski definition) is 3. The van der Waals surface area contributed by atoms with E-state index < -0.39 is 6.10 Å². The largest absolute Gasteiger partial charge is 0.474 e. The molecule has 166 valence electrons. The SMILES string of the molecule is C[C@@H]1CCC[C@H](C)N1CCCCCN1C(=O)C(c2ccc(Cl)cc2)Oc2ccccc21. The highest BCUT2D eigenvalue weighted by atomic mass is 35.5. The number of unbranched alkanes of at least 4 members (excludes halogenated alkanes) is 2. The fourth-order valence-electron chi connectivity index (χ4n) is 4.95. The van der Waals surface area contributed by atoms with Crippen LogP contribution in [-0.2, 0) is 4.79 Å². The molecule has 1 fully saturated rings. The van der Waals surface area contributed by atoms with Crippen LogP contribution in [0.25, 0.3) is 0 Å². The quantitative estimate of drug-likeness (QED) is 0.477. The summed E-state index contributed by atoms with van der Waals surface area (Å²) in [4.78, 5) is 17.9. The van der Waals surface area contributed by atoms with Crippen molar-refractivity contribution in [3.8, 4) is 5.75 Å². The molecule has 0 bridgehead atoms. The van der Waals surface area contributed by atoms with E-state index in [1.165, 1.54) is 25.7 Å². The smallest absolute Gasteiger partial charge is 0.272 e. The molecule has 1 unspecified atom stereocenters. The summed E-state index contributed by atoms with van der Waals surface area (Å²) in [6.45, 7) is 6.59. The minimum Gasteiger partial charge on any atom is -0.474 e. The summed E-state index contributed by atoms with van der Waals surface area (Å²) in [5.41, 5.74) is 1.71. The second-order valence-electron chi connectivity index (χ2n) is 8.93. The van der Waals surface area contributed by atoms with E-state index in [1.54, 1.807) is 12.1 Å². The standard InChI is InChI=1S/C26H33ClN2O2/c1-19-9-8-10-20(2)28(19)17-6-3-7-18-29-23-11-4-5-12-24(23)31-25(26(29)30)21-13-15-22(27)16-14-21/h4-5,11-16,19-20,25H,3,6-10,17-18H2,1-2H3/t19-,20+,25?. The first kappa shape index (κ1) is 22.2. The Labute approximate surface area is 191 Å². The van der Waals surface area contributed by atoms with Crippen LogP contribution < -0.4 is 9.64 Å². The van der Waals surface area contributed by atoms with Crippen molar-refractivity contribution in [2.75, 3.05) is 18.0 Å². The minimum absolute atomic E-state index is 0.000651. The summed E-state index contributed by atoms with van der Waals surface area (Å²) in [5, 5.41) is 0.654. The van der Waals surface area contributed by atoms with Crippen molar-refractivity contribution in [1.29, 1.82) is 0 Å². The Bertz CT molecular complexity index is 875. The number of likely N-dealkylation sites (tertiary alicyclic amines) is 1. The van der Waals surface area contributed by atoms with Gasteiger partial charge >= 0.3 is 0 Å². The zero-order chi connectivity index (χ0) is 21.8. The molecule has 2 aliphatic rings. The summed E-state index contributed by atoms with van der Waals surface area (Å²) in [5.74, 6) is 0.761. The maximum atomic E-state index is 13.3. The number of nitrogens with zero attached hydrogens (tertiary/aromatic N) is 2. The molecule has 3 atom stereocenters. The maximum Gasteiger partial charge on any atom is 0.272 e. The molecule has 1 saturated heterocycles. The number of para-hydroxylation sites is 2. The predicted molar refractivity (Wildman–Crippen MR) is 127 cm³/mol. The van der Waals surface area contributed by atoms with Crippen molar-refractivity contribution < 1.29 is 9.53 Å². The molecule has 0 radical (unpaired) electrons. The predicted octanol–water partition coefficient (Wildman–Crippen LogP) is 6.24. The van der Waals surface area contributed by atoms with Gasteiger partial charge in [0, 0.05) is 29.2 Å². The molecule has 0 spiro atoms. The number of hydrogen-bond donors (Lipinski definition) is 0. The molecule has 4 rings (SSSR count). The lowest BCUT2D eigenvalue weighted by Gasteiger charge is -2.39. The topological polar surface area (TPSA) is 32.8 Å². The van der Waals surface area contributed by atoms with Crippen molar-refractivity contribution in [2.24, 2.45) is 0 Å². The Morgan fingerprint density at radius 1 is 0.935 bits per heavy atom. The van der Waals surface area contributed by atoms with E-state index in [0.29, 0.717) is 23.7 Å².